The first kappa shape index (κ1) is 16.7. The molecule has 1 aromatic heterocycles. The van der Waals surface area contributed by atoms with Crippen LogP contribution in [-0.2, 0) is 16.6 Å². The molecular formula is C15H15F2N3O3S. The lowest BCUT2D eigenvalue weighted by molar-refractivity contribution is 0.528. The van der Waals surface area contributed by atoms with Crippen molar-refractivity contribution in [3.63, 3.8) is 0 Å². The lowest BCUT2D eigenvalue weighted by atomic mass is 10.3. The summed E-state index contributed by atoms with van der Waals surface area (Å²) in [5, 5.41) is 4.20. The quantitative estimate of drug-likeness (QED) is 0.849. The zero-order chi connectivity index (χ0) is 17.3. The zero-order valence-corrected chi connectivity index (χ0v) is 13.4. The second-order valence-electron chi connectivity index (χ2n) is 5.57. The number of benzene rings is 1. The number of aromatic nitrogens is 2. The molecule has 128 valence electrons. The molecule has 3 rings (SSSR count). The molecule has 1 fully saturated rings. The fraction of sp³-hybridized carbons (Fsp3) is 0.333. The van der Waals surface area contributed by atoms with E-state index in [0.717, 1.165) is 30.7 Å². The van der Waals surface area contributed by atoms with E-state index in [1.165, 1.54) is 10.7 Å². The standard InChI is InChI=1S/C15H15F2N3O3S/c16-11-3-5-14(12(17)9-11)24(22,23)18-7-8-20-15(21)6-4-13(19-20)10-1-2-10/h3-6,9-10,18H,1-2,7-8H2. The Labute approximate surface area is 137 Å². The number of hydrogen-bond acceptors (Lipinski definition) is 4. The first-order chi connectivity index (χ1) is 11.4. The van der Waals surface area contributed by atoms with Gasteiger partial charge in [-0.25, -0.2) is 26.6 Å². The lowest BCUT2D eigenvalue weighted by Gasteiger charge is -2.09. The van der Waals surface area contributed by atoms with Crippen LogP contribution in [0, 0.1) is 11.6 Å². The maximum absolute atomic E-state index is 13.6. The molecule has 1 aliphatic carbocycles. The Bertz CT molecular complexity index is 924. The van der Waals surface area contributed by atoms with Gasteiger partial charge < -0.3 is 0 Å². The minimum Gasteiger partial charge on any atom is -0.268 e. The SMILES string of the molecule is O=c1ccc(C2CC2)nn1CCNS(=O)(=O)c1ccc(F)cc1F. The number of rotatable bonds is 6. The largest absolute Gasteiger partial charge is 0.268 e. The highest BCUT2D eigenvalue weighted by atomic mass is 32.2. The maximum atomic E-state index is 13.6. The highest BCUT2D eigenvalue weighted by Crippen LogP contribution is 2.38. The highest BCUT2D eigenvalue weighted by Gasteiger charge is 2.25. The van der Waals surface area contributed by atoms with Gasteiger partial charge in [-0.1, -0.05) is 0 Å². The summed E-state index contributed by atoms with van der Waals surface area (Å²) >= 11 is 0. The smallest absolute Gasteiger partial charge is 0.266 e. The molecule has 24 heavy (non-hydrogen) atoms. The molecular weight excluding hydrogens is 340 g/mol. The summed E-state index contributed by atoms with van der Waals surface area (Å²) in [6.45, 7) is -0.123. The number of halogens is 2. The average molecular weight is 355 g/mol. The van der Waals surface area contributed by atoms with E-state index in [4.69, 9.17) is 0 Å². The molecule has 1 N–H and O–H groups in total. The van der Waals surface area contributed by atoms with E-state index < -0.39 is 26.6 Å². The summed E-state index contributed by atoms with van der Waals surface area (Å²) in [6.07, 6.45) is 2.06. The third-order valence-electron chi connectivity index (χ3n) is 3.68. The molecule has 0 aliphatic heterocycles. The van der Waals surface area contributed by atoms with Crippen LogP contribution in [-0.4, -0.2) is 24.7 Å². The minimum absolute atomic E-state index is 0.0153. The molecule has 1 saturated carbocycles. The van der Waals surface area contributed by atoms with Crippen molar-refractivity contribution in [3.8, 4) is 0 Å². The number of hydrogen-bond donors (Lipinski definition) is 1. The molecule has 9 heteroatoms. The normalized spacial score (nSPS) is 14.8. The van der Waals surface area contributed by atoms with E-state index >= 15 is 0 Å². The van der Waals surface area contributed by atoms with Crippen LogP contribution < -0.4 is 10.3 Å². The van der Waals surface area contributed by atoms with Crippen LogP contribution in [0.1, 0.15) is 24.5 Å². The predicted octanol–water partition coefficient (Wildman–Crippen LogP) is 1.38. The van der Waals surface area contributed by atoms with E-state index in [2.05, 4.69) is 9.82 Å². The van der Waals surface area contributed by atoms with Gasteiger partial charge in [0.25, 0.3) is 5.56 Å². The Morgan fingerprint density at radius 2 is 1.96 bits per heavy atom. The molecule has 0 radical (unpaired) electrons. The van der Waals surface area contributed by atoms with Gasteiger partial charge in [0.2, 0.25) is 10.0 Å². The van der Waals surface area contributed by atoms with Crippen molar-refractivity contribution in [2.24, 2.45) is 0 Å². The number of sulfonamides is 1. The van der Waals surface area contributed by atoms with Crippen LogP contribution in [0.25, 0.3) is 0 Å². The van der Waals surface area contributed by atoms with Crippen molar-refractivity contribution in [2.45, 2.75) is 30.2 Å². The van der Waals surface area contributed by atoms with Gasteiger partial charge in [-0.2, -0.15) is 5.10 Å². The first-order valence-corrected chi connectivity index (χ1v) is 8.88. The fourth-order valence-corrected chi connectivity index (χ4v) is 3.36. The third-order valence-corrected chi connectivity index (χ3v) is 5.18. The number of nitrogens with one attached hydrogen (secondary N) is 1. The number of nitrogens with zero attached hydrogens (tertiary/aromatic N) is 2. The lowest BCUT2D eigenvalue weighted by Crippen LogP contribution is -2.32. The zero-order valence-electron chi connectivity index (χ0n) is 12.6. The van der Waals surface area contributed by atoms with E-state index in [-0.39, 0.29) is 18.6 Å². The summed E-state index contributed by atoms with van der Waals surface area (Å²) in [5.74, 6) is -1.67. The van der Waals surface area contributed by atoms with E-state index in [9.17, 15) is 22.0 Å². The Hall–Kier alpha value is -2.13. The summed E-state index contributed by atoms with van der Waals surface area (Å²) < 4.78 is 53.9. The molecule has 0 amide bonds. The van der Waals surface area contributed by atoms with Gasteiger partial charge in [-0.05, 0) is 31.0 Å². The molecule has 1 heterocycles. The van der Waals surface area contributed by atoms with Crippen LogP contribution in [0.5, 0.6) is 0 Å². The molecule has 2 aromatic rings. The monoisotopic (exact) mass is 355 g/mol. The molecule has 0 atom stereocenters. The van der Waals surface area contributed by atoms with Gasteiger partial charge >= 0.3 is 0 Å². The van der Waals surface area contributed by atoms with Crippen LogP contribution in [0.4, 0.5) is 8.78 Å². The molecule has 6 nitrogen and oxygen atoms in total. The Balaban J connectivity index is 1.69. The van der Waals surface area contributed by atoms with Gasteiger partial charge in [-0.3, -0.25) is 4.79 Å². The van der Waals surface area contributed by atoms with E-state index in [0.29, 0.717) is 12.0 Å². The van der Waals surface area contributed by atoms with E-state index in [1.54, 1.807) is 6.07 Å². The van der Waals surface area contributed by atoms with Gasteiger partial charge in [0.1, 0.15) is 16.5 Å². The van der Waals surface area contributed by atoms with Crippen LogP contribution in [0.15, 0.2) is 40.0 Å². The first-order valence-electron chi connectivity index (χ1n) is 7.39. The molecule has 0 unspecified atom stereocenters. The highest BCUT2D eigenvalue weighted by molar-refractivity contribution is 7.89. The van der Waals surface area contributed by atoms with Crippen molar-refractivity contribution in [3.05, 3.63) is 58.0 Å². The van der Waals surface area contributed by atoms with Gasteiger partial charge in [0.15, 0.2) is 0 Å². The second kappa shape index (κ2) is 6.40. The summed E-state index contributed by atoms with van der Waals surface area (Å²) in [5.41, 5.74) is 0.466. The summed E-state index contributed by atoms with van der Waals surface area (Å²) in [7, 11) is -4.14. The van der Waals surface area contributed by atoms with Crippen molar-refractivity contribution in [2.75, 3.05) is 6.54 Å². The molecule has 0 spiro atoms. The van der Waals surface area contributed by atoms with Crippen molar-refractivity contribution in [1.29, 1.82) is 0 Å². The Kier molecular flexibility index (Phi) is 4.46. The van der Waals surface area contributed by atoms with Crippen LogP contribution in [0.2, 0.25) is 0 Å². The van der Waals surface area contributed by atoms with Crippen LogP contribution >= 0.6 is 0 Å². The van der Waals surface area contributed by atoms with Crippen molar-refractivity contribution < 1.29 is 17.2 Å². The van der Waals surface area contributed by atoms with Gasteiger partial charge in [0, 0.05) is 24.6 Å². The summed E-state index contributed by atoms with van der Waals surface area (Å²) in [4.78, 5) is 11.1. The minimum atomic E-state index is -4.14. The predicted molar refractivity (Wildman–Crippen MR) is 82.0 cm³/mol. The topological polar surface area (TPSA) is 81.1 Å². The summed E-state index contributed by atoms with van der Waals surface area (Å²) in [6, 6.07) is 5.29. The average Bonchev–Trinajstić information content (AvgIpc) is 3.33. The van der Waals surface area contributed by atoms with Crippen molar-refractivity contribution in [1.82, 2.24) is 14.5 Å². The van der Waals surface area contributed by atoms with Crippen molar-refractivity contribution >= 4 is 10.0 Å². The van der Waals surface area contributed by atoms with Gasteiger partial charge in [-0.15, -0.1) is 0 Å². The van der Waals surface area contributed by atoms with Gasteiger partial charge in [0.05, 0.1) is 12.2 Å². The van der Waals surface area contributed by atoms with Crippen LogP contribution in [0.3, 0.4) is 0 Å². The maximum Gasteiger partial charge on any atom is 0.266 e. The van der Waals surface area contributed by atoms with E-state index in [1.807, 2.05) is 0 Å². The molecule has 0 saturated heterocycles. The second-order valence-corrected chi connectivity index (χ2v) is 7.30. The molecule has 1 aliphatic rings. The fourth-order valence-electron chi connectivity index (χ4n) is 2.28. The molecule has 0 bridgehead atoms. The third kappa shape index (κ3) is 3.68. The Morgan fingerprint density at radius 3 is 2.62 bits per heavy atom. The molecule has 1 aromatic carbocycles. The Morgan fingerprint density at radius 1 is 1.21 bits per heavy atom.